The van der Waals surface area contributed by atoms with Gasteiger partial charge in [-0.05, 0) is 17.7 Å². The molecule has 0 spiro atoms. The third-order valence-corrected chi connectivity index (χ3v) is 4.31. The van der Waals surface area contributed by atoms with Crippen LogP contribution in [0.2, 0.25) is 0 Å². The maximum atomic E-state index is 9.35. The molecule has 0 bridgehead atoms. The van der Waals surface area contributed by atoms with Crippen LogP contribution in [0.25, 0.3) is 16.0 Å². The van der Waals surface area contributed by atoms with Gasteiger partial charge in [0, 0.05) is 6.21 Å². The topological polar surface area (TPSA) is 53.5 Å². The number of fused-ring (bicyclic) bond motifs is 3. The molecule has 0 aliphatic rings. The van der Waals surface area contributed by atoms with Gasteiger partial charge in [0.05, 0.1) is 11.0 Å². The molecule has 0 aliphatic heterocycles. The van der Waals surface area contributed by atoms with Crippen molar-refractivity contribution in [3.05, 3.63) is 65.0 Å². The molecule has 5 heteroatoms. The molecule has 0 radical (unpaired) electrons. The van der Waals surface area contributed by atoms with E-state index in [0.29, 0.717) is 10.7 Å². The zero-order valence-electron chi connectivity index (χ0n) is 11.5. The summed E-state index contributed by atoms with van der Waals surface area (Å²) in [6.07, 6.45) is 1.77. The SMILES string of the molecule is N#Cc1sc2nc3ccccc3n2c1/N=C/c1ccccc1. The number of hydrogen-bond acceptors (Lipinski definition) is 4. The number of rotatable bonds is 2. The second-order valence-electron chi connectivity index (χ2n) is 4.75. The molecule has 0 N–H and O–H groups in total. The van der Waals surface area contributed by atoms with E-state index in [1.807, 2.05) is 59.0 Å². The van der Waals surface area contributed by atoms with Crippen LogP contribution in [0.15, 0.2) is 59.6 Å². The molecule has 4 nitrogen and oxygen atoms in total. The molecule has 2 aromatic carbocycles. The minimum atomic E-state index is 0.570. The quantitative estimate of drug-likeness (QED) is 0.522. The van der Waals surface area contributed by atoms with E-state index in [9.17, 15) is 5.26 Å². The number of para-hydroxylation sites is 2. The Bertz CT molecular complexity index is 1040. The van der Waals surface area contributed by atoms with E-state index >= 15 is 0 Å². The molecule has 0 amide bonds. The highest BCUT2D eigenvalue weighted by atomic mass is 32.1. The van der Waals surface area contributed by atoms with Gasteiger partial charge in [0.25, 0.3) is 0 Å². The Morgan fingerprint density at radius 2 is 1.86 bits per heavy atom. The molecule has 4 aromatic rings. The summed E-state index contributed by atoms with van der Waals surface area (Å²) in [5.74, 6) is 0.639. The lowest BCUT2D eigenvalue weighted by atomic mass is 10.2. The predicted octanol–water partition coefficient (Wildman–Crippen LogP) is 4.17. The Morgan fingerprint density at radius 1 is 1.09 bits per heavy atom. The summed E-state index contributed by atoms with van der Waals surface area (Å²) in [5, 5.41) is 9.35. The molecule has 0 saturated carbocycles. The lowest BCUT2D eigenvalue weighted by Gasteiger charge is -1.96. The first-order chi connectivity index (χ1) is 10.9. The van der Waals surface area contributed by atoms with Crippen molar-refractivity contribution in [1.29, 1.82) is 5.26 Å². The van der Waals surface area contributed by atoms with E-state index in [2.05, 4.69) is 16.0 Å². The van der Waals surface area contributed by atoms with Crippen LogP contribution >= 0.6 is 11.3 Å². The van der Waals surface area contributed by atoms with Crippen LogP contribution in [0.1, 0.15) is 10.4 Å². The average Bonchev–Trinajstić information content (AvgIpc) is 3.09. The van der Waals surface area contributed by atoms with Gasteiger partial charge in [-0.2, -0.15) is 5.26 Å². The second-order valence-corrected chi connectivity index (χ2v) is 5.73. The van der Waals surface area contributed by atoms with Crippen molar-refractivity contribution in [2.24, 2.45) is 4.99 Å². The maximum absolute atomic E-state index is 9.35. The van der Waals surface area contributed by atoms with Crippen molar-refractivity contribution >= 4 is 39.4 Å². The Balaban J connectivity index is 1.95. The highest BCUT2D eigenvalue weighted by Gasteiger charge is 2.15. The molecule has 2 aromatic heterocycles. The number of aliphatic imine (C=N–C) groups is 1. The van der Waals surface area contributed by atoms with Crippen LogP contribution in [0.3, 0.4) is 0 Å². The fraction of sp³-hybridized carbons (Fsp3) is 0. The number of hydrogen-bond donors (Lipinski definition) is 0. The first kappa shape index (κ1) is 12.7. The van der Waals surface area contributed by atoms with E-state index in [-0.39, 0.29) is 0 Å². The van der Waals surface area contributed by atoms with Crippen molar-refractivity contribution in [2.45, 2.75) is 0 Å². The van der Waals surface area contributed by atoms with Crippen molar-refractivity contribution in [3.63, 3.8) is 0 Å². The molecular weight excluding hydrogens is 292 g/mol. The fourth-order valence-corrected chi connectivity index (χ4v) is 3.26. The van der Waals surface area contributed by atoms with Crippen molar-refractivity contribution < 1.29 is 0 Å². The molecule has 0 fully saturated rings. The molecule has 22 heavy (non-hydrogen) atoms. The summed E-state index contributed by atoms with van der Waals surface area (Å²) >= 11 is 1.36. The van der Waals surface area contributed by atoms with Gasteiger partial charge < -0.3 is 0 Å². The van der Waals surface area contributed by atoms with Crippen LogP contribution in [0, 0.1) is 11.3 Å². The van der Waals surface area contributed by atoms with Gasteiger partial charge in [-0.1, -0.05) is 53.8 Å². The lowest BCUT2D eigenvalue weighted by molar-refractivity contribution is 1.23. The molecule has 4 rings (SSSR count). The Hall–Kier alpha value is -2.97. The number of thiazole rings is 1. The number of nitriles is 1. The van der Waals surface area contributed by atoms with Gasteiger partial charge in [0.15, 0.2) is 15.7 Å². The highest BCUT2D eigenvalue weighted by Crippen LogP contribution is 2.32. The zero-order valence-corrected chi connectivity index (χ0v) is 12.3. The van der Waals surface area contributed by atoms with Gasteiger partial charge >= 0.3 is 0 Å². The minimum Gasteiger partial charge on any atom is -0.266 e. The Labute approximate surface area is 130 Å². The largest absolute Gasteiger partial charge is 0.266 e. The summed E-state index contributed by atoms with van der Waals surface area (Å²) in [6, 6.07) is 19.9. The first-order valence-electron chi connectivity index (χ1n) is 6.76. The highest BCUT2D eigenvalue weighted by molar-refractivity contribution is 7.18. The molecule has 0 atom stereocenters. The Kier molecular flexibility index (Phi) is 2.95. The van der Waals surface area contributed by atoms with Crippen molar-refractivity contribution in [1.82, 2.24) is 9.38 Å². The molecule has 0 saturated heterocycles. The number of benzene rings is 2. The summed E-state index contributed by atoms with van der Waals surface area (Å²) < 4.78 is 1.94. The maximum Gasteiger partial charge on any atom is 0.197 e. The van der Waals surface area contributed by atoms with Crippen LogP contribution < -0.4 is 0 Å². The third-order valence-electron chi connectivity index (χ3n) is 3.38. The standard InChI is InChI=1S/C17H10N4S/c18-10-15-16(19-11-12-6-2-1-3-7-12)21-14-9-5-4-8-13(14)20-17(21)22-15/h1-9,11H/b19-11+. The van der Waals surface area contributed by atoms with E-state index in [4.69, 9.17) is 0 Å². The van der Waals surface area contributed by atoms with Crippen molar-refractivity contribution in [2.75, 3.05) is 0 Å². The number of aromatic nitrogens is 2. The van der Waals surface area contributed by atoms with Crippen LogP contribution in [0.5, 0.6) is 0 Å². The lowest BCUT2D eigenvalue weighted by Crippen LogP contribution is -1.83. The van der Waals surface area contributed by atoms with E-state index in [1.165, 1.54) is 11.3 Å². The summed E-state index contributed by atoms with van der Waals surface area (Å²) in [4.78, 5) is 10.5. The number of imidazole rings is 1. The smallest absolute Gasteiger partial charge is 0.197 e. The van der Waals surface area contributed by atoms with E-state index < -0.39 is 0 Å². The van der Waals surface area contributed by atoms with Crippen LogP contribution in [-0.2, 0) is 0 Å². The van der Waals surface area contributed by atoms with E-state index in [1.54, 1.807) is 6.21 Å². The van der Waals surface area contributed by atoms with Crippen LogP contribution in [0.4, 0.5) is 5.82 Å². The number of nitrogens with zero attached hydrogens (tertiary/aromatic N) is 4. The predicted molar refractivity (Wildman–Crippen MR) is 89.0 cm³/mol. The minimum absolute atomic E-state index is 0.570. The molecule has 2 heterocycles. The average molecular weight is 302 g/mol. The monoisotopic (exact) mass is 302 g/mol. The normalized spacial score (nSPS) is 11.4. The molecular formula is C17H10N4S. The van der Waals surface area contributed by atoms with Crippen LogP contribution in [-0.4, -0.2) is 15.6 Å². The van der Waals surface area contributed by atoms with E-state index in [0.717, 1.165) is 21.6 Å². The summed E-state index contributed by atoms with van der Waals surface area (Å²) in [6.45, 7) is 0. The summed E-state index contributed by atoms with van der Waals surface area (Å²) in [5.41, 5.74) is 2.88. The van der Waals surface area contributed by atoms with Gasteiger partial charge in [-0.15, -0.1) is 0 Å². The fourth-order valence-electron chi connectivity index (χ4n) is 2.38. The third kappa shape index (κ3) is 1.98. The first-order valence-corrected chi connectivity index (χ1v) is 7.57. The van der Waals surface area contributed by atoms with Crippen molar-refractivity contribution in [3.8, 4) is 6.07 Å². The van der Waals surface area contributed by atoms with Gasteiger partial charge in [-0.3, -0.25) is 4.40 Å². The summed E-state index contributed by atoms with van der Waals surface area (Å²) in [7, 11) is 0. The Morgan fingerprint density at radius 3 is 2.68 bits per heavy atom. The zero-order chi connectivity index (χ0) is 14.9. The van der Waals surface area contributed by atoms with Gasteiger partial charge in [-0.25, -0.2) is 9.98 Å². The molecule has 104 valence electrons. The van der Waals surface area contributed by atoms with Gasteiger partial charge in [0.1, 0.15) is 6.07 Å². The molecule has 0 unspecified atom stereocenters. The van der Waals surface area contributed by atoms with Gasteiger partial charge in [0.2, 0.25) is 0 Å². The molecule has 0 aliphatic carbocycles. The second kappa shape index (κ2) is 5.10.